The quantitative estimate of drug-likeness (QED) is 0.648. The third-order valence-electron chi connectivity index (χ3n) is 7.04. The van der Waals surface area contributed by atoms with Gasteiger partial charge in [-0.1, -0.05) is 60.7 Å². The van der Waals surface area contributed by atoms with Gasteiger partial charge in [0, 0.05) is 37.4 Å². The summed E-state index contributed by atoms with van der Waals surface area (Å²) in [5.41, 5.74) is 3.01. The Bertz CT molecular complexity index is 1170. The largest absolute Gasteiger partial charge is 0.490 e. The van der Waals surface area contributed by atoms with Crippen molar-refractivity contribution in [1.29, 1.82) is 0 Å². The first-order valence-corrected chi connectivity index (χ1v) is 12.8. The van der Waals surface area contributed by atoms with Crippen LogP contribution in [0.15, 0.2) is 84.3 Å². The van der Waals surface area contributed by atoms with E-state index in [1.807, 2.05) is 62.1 Å². The second-order valence-electron chi connectivity index (χ2n) is 10.9. The predicted octanol–water partition coefficient (Wildman–Crippen LogP) is 3.84. The molecule has 0 bridgehead atoms. The predicted molar refractivity (Wildman–Crippen MR) is 140 cm³/mol. The number of ether oxygens (including phenoxy) is 1. The Kier molecular flexibility index (Phi) is 6.61. The van der Waals surface area contributed by atoms with Crippen molar-refractivity contribution >= 4 is 11.8 Å². The number of nitrogens with one attached hydrogen (secondary N) is 1. The summed E-state index contributed by atoms with van der Waals surface area (Å²) in [6.45, 7) is 7.57. The molecule has 3 aliphatic heterocycles. The Morgan fingerprint density at radius 3 is 2.19 bits per heavy atom. The van der Waals surface area contributed by atoms with Crippen LogP contribution >= 0.6 is 0 Å². The maximum absolute atomic E-state index is 13.3. The van der Waals surface area contributed by atoms with Gasteiger partial charge in [-0.25, -0.2) is 0 Å². The normalized spacial score (nSPS) is 24.1. The molecule has 3 aliphatic rings. The number of amides is 2. The topological polar surface area (TPSA) is 61.9 Å². The van der Waals surface area contributed by atoms with Gasteiger partial charge in [0.15, 0.2) is 0 Å². The number of carbonyl (C=O) groups is 2. The second kappa shape index (κ2) is 9.84. The molecule has 1 fully saturated rings. The molecule has 3 atom stereocenters. The minimum Gasteiger partial charge on any atom is -0.490 e. The molecule has 1 unspecified atom stereocenters. The van der Waals surface area contributed by atoms with E-state index in [9.17, 15) is 9.59 Å². The fourth-order valence-corrected chi connectivity index (χ4v) is 5.55. The van der Waals surface area contributed by atoms with Crippen LogP contribution in [0.5, 0.6) is 0 Å². The second-order valence-corrected chi connectivity index (χ2v) is 10.9. The number of rotatable bonds is 7. The SMILES string of the molecule is CC(C)(C)OC1=CC(=O)N([C@H]2CCN(C3=CC(=O)N[C@H]3Cc3ccccc3)C2)C1Cc1ccccc1. The third kappa shape index (κ3) is 5.32. The molecule has 1 N–H and O–H groups in total. The van der Waals surface area contributed by atoms with Crippen molar-refractivity contribution < 1.29 is 14.3 Å². The van der Waals surface area contributed by atoms with E-state index in [1.54, 1.807) is 12.2 Å². The lowest BCUT2D eigenvalue weighted by Crippen LogP contribution is -2.47. The van der Waals surface area contributed by atoms with E-state index in [-0.39, 0.29) is 35.5 Å². The molecule has 5 rings (SSSR count). The van der Waals surface area contributed by atoms with Gasteiger partial charge in [0.05, 0.1) is 18.1 Å². The van der Waals surface area contributed by atoms with Gasteiger partial charge in [0.2, 0.25) is 5.91 Å². The summed E-state index contributed by atoms with van der Waals surface area (Å²) in [4.78, 5) is 29.9. The van der Waals surface area contributed by atoms with Gasteiger partial charge in [-0.2, -0.15) is 0 Å². The summed E-state index contributed by atoms with van der Waals surface area (Å²) in [6.07, 6.45) is 5.74. The molecule has 36 heavy (non-hydrogen) atoms. The van der Waals surface area contributed by atoms with Crippen molar-refractivity contribution in [2.75, 3.05) is 13.1 Å². The Labute approximate surface area is 213 Å². The van der Waals surface area contributed by atoms with Gasteiger partial charge in [-0.3, -0.25) is 9.59 Å². The van der Waals surface area contributed by atoms with E-state index >= 15 is 0 Å². The molecule has 0 radical (unpaired) electrons. The third-order valence-corrected chi connectivity index (χ3v) is 7.04. The number of carbonyl (C=O) groups excluding carboxylic acids is 2. The molecule has 3 heterocycles. The first kappa shape index (κ1) is 24.2. The first-order valence-electron chi connectivity index (χ1n) is 12.8. The molecule has 6 heteroatoms. The number of likely N-dealkylation sites (tertiary alicyclic amines) is 1. The summed E-state index contributed by atoms with van der Waals surface area (Å²) in [5, 5.41) is 3.11. The molecule has 0 spiro atoms. The number of nitrogens with zero attached hydrogens (tertiary/aromatic N) is 2. The number of hydrogen-bond donors (Lipinski definition) is 1. The van der Waals surface area contributed by atoms with Gasteiger partial charge >= 0.3 is 0 Å². The molecule has 2 aromatic carbocycles. The molecule has 188 valence electrons. The van der Waals surface area contributed by atoms with Crippen LogP contribution in [0, 0.1) is 0 Å². The number of benzene rings is 2. The van der Waals surface area contributed by atoms with E-state index in [4.69, 9.17) is 4.74 Å². The summed E-state index contributed by atoms with van der Waals surface area (Å²) in [6, 6.07) is 20.4. The van der Waals surface area contributed by atoms with E-state index in [0.717, 1.165) is 30.8 Å². The highest BCUT2D eigenvalue weighted by Crippen LogP contribution is 2.34. The van der Waals surface area contributed by atoms with Crippen LogP contribution in [-0.2, 0) is 27.2 Å². The van der Waals surface area contributed by atoms with E-state index in [1.165, 1.54) is 11.1 Å². The van der Waals surface area contributed by atoms with E-state index in [2.05, 4.69) is 34.5 Å². The highest BCUT2D eigenvalue weighted by atomic mass is 16.5. The van der Waals surface area contributed by atoms with Crippen LogP contribution in [0.1, 0.15) is 38.3 Å². The molecule has 0 aliphatic carbocycles. The maximum Gasteiger partial charge on any atom is 0.250 e. The molecule has 2 aromatic rings. The van der Waals surface area contributed by atoms with Gasteiger partial charge in [0.1, 0.15) is 11.4 Å². The smallest absolute Gasteiger partial charge is 0.250 e. The van der Waals surface area contributed by atoms with Gasteiger partial charge in [-0.05, 0) is 44.7 Å². The fourth-order valence-electron chi connectivity index (χ4n) is 5.55. The first-order chi connectivity index (χ1) is 17.3. The van der Waals surface area contributed by atoms with Crippen LogP contribution in [0.4, 0.5) is 0 Å². The van der Waals surface area contributed by atoms with E-state index < -0.39 is 0 Å². The lowest BCUT2D eigenvalue weighted by molar-refractivity contribution is -0.128. The van der Waals surface area contributed by atoms with E-state index in [0.29, 0.717) is 13.0 Å². The molecule has 0 saturated carbocycles. The zero-order valence-corrected chi connectivity index (χ0v) is 21.3. The molecule has 2 amide bonds. The Morgan fingerprint density at radius 1 is 0.917 bits per heavy atom. The lowest BCUT2D eigenvalue weighted by Gasteiger charge is -2.34. The van der Waals surface area contributed by atoms with Crippen LogP contribution in [0.2, 0.25) is 0 Å². The maximum atomic E-state index is 13.3. The zero-order chi connectivity index (χ0) is 25.3. The van der Waals surface area contributed by atoms with Crippen LogP contribution in [0.3, 0.4) is 0 Å². The average Bonchev–Trinajstić information content (AvgIpc) is 3.52. The summed E-state index contributed by atoms with van der Waals surface area (Å²) < 4.78 is 6.29. The molecule has 6 nitrogen and oxygen atoms in total. The van der Waals surface area contributed by atoms with Crippen LogP contribution in [-0.4, -0.2) is 58.4 Å². The summed E-state index contributed by atoms with van der Waals surface area (Å²) >= 11 is 0. The Balaban J connectivity index is 1.34. The van der Waals surface area contributed by atoms with Crippen molar-refractivity contribution in [2.24, 2.45) is 0 Å². The minimum atomic E-state index is -0.385. The standard InChI is InChI=1S/C30H35N3O3/c1-30(2,3)36-27-19-29(35)33(26(27)17-22-12-8-5-9-13-22)23-14-15-32(20-23)25-18-28(34)31-24(25)16-21-10-6-4-7-11-21/h4-13,18-19,23-24,26H,14-17,20H2,1-3H3,(H,31,34)/t23-,24-,26?/m0/s1. The van der Waals surface area contributed by atoms with Crippen molar-refractivity contribution in [3.63, 3.8) is 0 Å². The minimum absolute atomic E-state index is 0.0115. The van der Waals surface area contributed by atoms with Gasteiger partial charge < -0.3 is 19.9 Å². The summed E-state index contributed by atoms with van der Waals surface area (Å²) in [5.74, 6) is 0.710. The molecular formula is C30H35N3O3. The Hall–Kier alpha value is -3.54. The zero-order valence-electron chi connectivity index (χ0n) is 21.3. The fraction of sp³-hybridized carbons (Fsp3) is 0.400. The van der Waals surface area contributed by atoms with Crippen LogP contribution < -0.4 is 5.32 Å². The lowest BCUT2D eigenvalue weighted by atomic mass is 10.0. The van der Waals surface area contributed by atoms with Crippen molar-refractivity contribution in [3.05, 3.63) is 95.4 Å². The molecular weight excluding hydrogens is 450 g/mol. The van der Waals surface area contributed by atoms with Gasteiger partial charge in [0.25, 0.3) is 5.91 Å². The van der Waals surface area contributed by atoms with Gasteiger partial charge in [-0.15, -0.1) is 0 Å². The number of hydrogen-bond acceptors (Lipinski definition) is 4. The molecule has 1 saturated heterocycles. The molecule has 0 aromatic heterocycles. The highest BCUT2D eigenvalue weighted by molar-refractivity contribution is 5.92. The average molecular weight is 486 g/mol. The highest BCUT2D eigenvalue weighted by Gasteiger charge is 2.43. The monoisotopic (exact) mass is 485 g/mol. The summed E-state index contributed by atoms with van der Waals surface area (Å²) in [7, 11) is 0. The van der Waals surface area contributed by atoms with Crippen molar-refractivity contribution in [1.82, 2.24) is 15.1 Å². The van der Waals surface area contributed by atoms with Crippen molar-refractivity contribution in [3.8, 4) is 0 Å². The Morgan fingerprint density at radius 2 is 1.56 bits per heavy atom. The van der Waals surface area contributed by atoms with Crippen LogP contribution in [0.25, 0.3) is 0 Å². The van der Waals surface area contributed by atoms with Crippen molar-refractivity contribution in [2.45, 2.75) is 63.8 Å².